The summed E-state index contributed by atoms with van der Waals surface area (Å²) in [5.74, 6) is 0.192. The van der Waals surface area contributed by atoms with E-state index in [2.05, 4.69) is 4.72 Å². The van der Waals surface area contributed by atoms with Gasteiger partial charge in [-0.25, -0.2) is 13.1 Å². The molecule has 1 aliphatic rings. The van der Waals surface area contributed by atoms with Crippen LogP contribution in [-0.2, 0) is 14.8 Å². The van der Waals surface area contributed by atoms with Crippen molar-refractivity contribution in [1.82, 2.24) is 9.62 Å². The molecule has 0 spiro atoms. The van der Waals surface area contributed by atoms with Crippen molar-refractivity contribution in [1.29, 1.82) is 0 Å². The molecule has 1 N–H and O–H groups in total. The minimum Gasteiger partial charge on any atom is -0.296 e. The maximum absolute atomic E-state index is 12.1. The lowest BCUT2D eigenvalue weighted by Gasteiger charge is -2.15. The van der Waals surface area contributed by atoms with Crippen molar-refractivity contribution in [3.63, 3.8) is 0 Å². The molecule has 0 aliphatic carbocycles. The number of carbonyl (C=O) groups is 1. The number of hydrogen-bond donors (Lipinski definition) is 1. The lowest BCUT2D eigenvalue weighted by atomic mass is 10.4. The van der Waals surface area contributed by atoms with Gasteiger partial charge in [-0.05, 0) is 18.2 Å². The van der Waals surface area contributed by atoms with Gasteiger partial charge in [0.1, 0.15) is 4.32 Å². The second-order valence-corrected chi connectivity index (χ2v) is 8.26. The van der Waals surface area contributed by atoms with Crippen LogP contribution in [0.3, 0.4) is 0 Å². The van der Waals surface area contributed by atoms with Crippen LogP contribution in [0.2, 0.25) is 10.0 Å². The molecule has 0 unspecified atom stereocenters. The number of halogens is 2. The molecule has 1 aliphatic heterocycles. The number of carbonyl (C=O) groups excluding carboxylic acids is 1. The summed E-state index contributed by atoms with van der Waals surface area (Å²) < 4.78 is 27.0. The van der Waals surface area contributed by atoms with E-state index in [0.717, 1.165) is 0 Å². The first-order valence-electron chi connectivity index (χ1n) is 5.73. The monoisotopic (exact) mass is 384 g/mol. The van der Waals surface area contributed by atoms with Crippen LogP contribution in [0.15, 0.2) is 23.1 Å². The van der Waals surface area contributed by atoms with E-state index in [9.17, 15) is 13.2 Å². The van der Waals surface area contributed by atoms with Gasteiger partial charge in [0.05, 0.1) is 20.7 Å². The Balaban J connectivity index is 2.00. The molecule has 2 rings (SSSR count). The summed E-state index contributed by atoms with van der Waals surface area (Å²) in [6, 6.07) is 4.04. The number of hydrogen-bond acceptors (Lipinski definition) is 5. The number of thiocarbonyl (C=S) groups is 1. The van der Waals surface area contributed by atoms with E-state index < -0.39 is 10.0 Å². The molecule has 5 nitrogen and oxygen atoms in total. The summed E-state index contributed by atoms with van der Waals surface area (Å²) in [6.07, 6.45) is 0. The quantitative estimate of drug-likeness (QED) is 0.787. The maximum Gasteiger partial charge on any atom is 0.240 e. The van der Waals surface area contributed by atoms with Crippen molar-refractivity contribution < 1.29 is 13.2 Å². The Morgan fingerprint density at radius 3 is 2.62 bits per heavy atom. The molecule has 0 atom stereocenters. The average molecular weight is 385 g/mol. The minimum atomic E-state index is -3.71. The molecule has 1 fully saturated rings. The van der Waals surface area contributed by atoms with Crippen molar-refractivity contribution in [3.05, 3.63) is 28.2 Å². The molecule has 1 aromatic carbocycles. The highest BCUT2D eigenvalue weighted by Gasteiger charge is 2.26. The topological polar surface area (TPSA) is 66.5 Å². The molecule has 114 valence electrons. The minimum absolute atomic E-state index is 0.0154. The van der Waals surface area contributed by atoms with Crippen LogP contribution >= 0.6 is 47.2 Å². The lowest BCUT2D eigenvalue weighted by Crippen LogP contribution is -2.37. The van der Waals surface area contributed by atoms with Crippen LogP contribution in [-0.4, -0.2) is 42.4 Å². The molecule has 0 radical (unpaired) electrons. The molecule has 1 aromatic rings. The van der Waals surface area contributed by atoms with Crippen molar-refractivity contribution in [2.24, 2.45) is 0 Å². The summed E-state index contributed by atoms with van der Waals surface area (Å²) in [6.45, 7) is 0.264. The highest BCUT2D eigenvalue weighted by molar-refractivity contribution is 8.23. The van der Waals surface area contributed by atoms with Crippen LogP contribution in [0.25, 0.3) is 0 Å². The van der Waals surface area contributed by atoms with Crippen LogP contribution in [0.4, 0.5) is 0 Å². The number of nitrogens with one attached hydrogen (secondary N) is 1. The zero-order chi connectivity index (χ0) is 15.6. The normalized spacial score (nSPS) is 15.8. The fraction of sp³-hybridized carbons (Fsp3) is 0.273. The van der Waals surface area contributed by atoms with E-state index in [4.69, 9.17) is 35.4 Å². The summed E-state index contributed by atoms with van der Waals surface area (Å²) in [5.41, 5.74) is 0. The molecule has 10 heteroatoms. The second kappa shape index (κ2) is 6.80. The van der Waals surface area contributed by atoms with Gasteiger partial charge < -0.3 is 0 Å². The van der Waals surface area contributed by atoms with Gasteiger partial charge in [0.25, 0.3) is 0 Å². The van der Waals surface area contributed by atoms with Gasteiger partial charge in [0, 0.05) is 13.1 Å². The number of rotatable bonds is 5. The van der Waals surface area contributed by atoms with Gasteiger partial charge >= 0.3 is 0 Å². The van der Waals surface area contributed by atoms with E-state index in [1.54, 1.807) is 0 Å². The standard InChI is InChI=1S/C11H10Cl2N2O3S3/c12-8-2-1-7(5-9(8)13)21(17,18)14-3-4-15-10(16)6-20-11(15)19/h1-2,5,14H,3-4,6H2. The first-order valence-corrected chi connectivity index (χ1v) is 9.36. The maximum atomic E-state index is 12.1. The Hall–Kier alpha value is -0.380. The van der Waals surface area contributed by atoms with Crippen molar-refractivity contribution in [3.8, 4) is 0 Å². The van der Waals surface area contributed by atoms with Gasteiger partial charge in [-0.1, -0.05) is 47.2 Å². The van der Waals surface area contributed by atoms with E-state index in [1.807, 2.05) is 0 Å². The van der Waals surface area contributed by atoms with Gasteiger partial charge in [0.15, 0.2) is 0 Å². The number of amides is 1. The molecule has 0 saturated carbocycles. The van der Waals surface area contributed by atoms with E-state index in [1.165, 1.54) is 34.9 Å². The first-order chi connectivity index (χ1) is 9.81. The Kier molecular flexibility index (Phi) is 5.50. The predicted molar refractivity (Wildman–Crippen MR) is 88.4 cm³/mol. The van der Waals surface area contributed by atoms with Crippen molar-refractivity contribution >= 4 is 67.4 Å². The summed E-state index contributed by atoms with van der Waals surface area (Å²) in [7, 11) is -3.71. The molecule has 1 amide bonds. The van der Waals surface area contributed by atoms with E-state index in [0.29, 0.717) is 10.1 Å². The first kappa shape index (κ1) is 17.0. The van der Waals surface area contributed by atoms with Gasteiger partial charge in [-0.3, -0.25) is 9.69 Å². The van der Waals surface area contributed by atoms with Crippen LogP contribution in [0.1, 0.15) is 0 Å². The zero-order valence-corrected chi connectivity index (χ0v) is 14.5. The summed E-state index contributed by atoms with van der Waals surface area (Å²) in [4.78, 5) is 12.9. The SMILES string of the molecule is O=C1CSC(=S)N1CCNS(=O)(=O)c1ccc(Cl)c(Cl)c1. The number of thioether (sulfide) groups is 1. The van der Waals surface area contributed by atoms with Gasteiger partial charge in [0.2, 0.25) is 15.9 Å². The number of sulfonamides is 1. The second-order valence-electron chi connectivity index (χ2n) is 4.07. The smallest absolute Gasteiger partial charge is 0.240 e. The Morgan fingerprint density at radius 2 is 2.05 bits per heavy atom. The molecule has 0 bridgehead atoms. The molecular weight excluding hydrogens is 375 g/mol. The zero-order valence-electron chi connectivity index (χ0n) is 10.5. The molecule has 0 aromatic heterocycles. The molecule has 21 heavy (non-hydrogen) atoms. The third-order valence-electron chi connectivity index (χ3n) is 2.67. The highest BCUT2D eigenvalue weighted by Crippen LogP contribution is 2.24. The van der Waals surface area contributed by atoms with Gasteiger partial charge in [-0.2, -0.15) is 0 Å². The largest absolute Gasteiger partial charge is 0.296 e. The van der Waals surface area contributed by atoms with Gasteiger partial charge in [-0.15, -0.1) is 0 Å². The summed E-state index contributed by atoms with van der Waals surface area (Å²) in [5, 5.41) is 0.437. The number of nitrogens with zero attached hydrogens (tertiary/aromatic N) is 1. The van der Waals surface area contributed by atoms with E-state index in [-0.39, 0.29) is 33.9 Å². The van der Waals surface area contributed by atoms with E-state index >= 15 is 0 Å². The Morgan fingerprint density at radius 1 is 1.33 bits per heavy atom. The fourth-order valence-electron chi connectivity index (χ4n) is 1.62. The lowest BCUT2D eigenvalue weighted by molar-refractivity contribution is -0.123. The third-order valence-corrected chi connectivity index (χ3v) is 6.30. The Bertz CT molecular complexity index is 678. The molecule has 1 saturated heterocycles. The average Bonchev–Trinajstić information content (AvgIpc) is 2.73. The Labute approximate surface area is 142 Å². The third kappa shape index (κ3) is 4.08. The van der Waals surface area contributed by atoms with Crippen molar-refractivity contribution in [2.75, 3.05) is 18.8 Å². The van der Waals surface area contributed by atoms with Crippen LogP contribution < -0.4 is 4.72 Å². The van der Waals surface area contributed by atoms with Crippen LogP contribution in [0, 0.1) is 0 Å². The predicted octanol–water partition coefficient (Wildman–Crippen LogP) is 2.13. The van der Waals surface area contributed by atoms with Crippen molar-refractivity contribution in [2.45, 2.75) is 4.90 Å². The number of benzene rings is 1. The highest BCUT2D eigenvalue weighted by atomic mass is 35.5. The molecule has 1 heterocycles. The fourth-order valence-corrected chi connectivity index (χ4v) is 4.15. The van der Waals surface area contributed by atoms with Crippen LogP contribution in [0.5, 0.6) is 0 Å². The molecular formula is C11H10Cl2N2O3S3. The summed E-state index contributed by atoms with van der Waals surface area (Å²) >= 11 is 17.8.